The van der Waals surface area contributed by atoms with Gasteiger partial charge in [0.05, 0.1) is 6.04 Å². The summed E-state index contributed by atoms with van der Waals surface area (Å²) in [4.78, 5) is 14.5. The number of piperidine rings is 1. The highest BCUT2D eigenvalue weighted by molar-refractivity contribution is 5.73. The van der Waals surface area contributed by atoms with Gasteiger partial charge in [-0.05, 0) is 92.3 Å². The Balaban J connectivity index is 0.00000256. The lowest BCUT2D eigenvalue weighted by molar-refractivity contribution is -0.119. The number of carbonyl (C=O) groups excluding carboxylic acids is 1. The smallest absolute Gasteiger partial charge is 0.217 e. The molecule has 1 saturated carbocycles. The maximum atomic E-state index is 11.7. The molecule has 1 N–H and O–H groups in total. The van der Waals surface area contributed by atoms with Crippen molar-refractivity contribution in [2.45, 2.75) is 96.6 Å². The van der Waals surface area contributed by atoms with Crippen LogP contribution in [0.25, 0.3) is 0 Å². The van der Waals surface area contributed by atoms with Crippen LogP contribution >= 0.6 is 0 Å². The molecule has 1 heterocycles. The van der Waals surface area contributed by atoms with Crippen molar-refractivity contribution in [3.63, 3.8) is 0 Å². The van der Waals surface area contributed by atoms with E-state index in [4.69, 9.17) is 0 Å². The van der Waals surface area contributed by atoms with Crippen LogP contribution < -0.4 is 5.32 Å². The van der Waals surface area contributed by atoms with E-state index >= 15 is 0 Å². The highest BCUT2D eigenvalue weighted by atomic mass is 16.1. The fourth-order valence-corrected chi connectivity index (χ4v) is 6.53. The Bertz CT molecular complexity index is 725. The van der Waals surface area contributed by atoms with Gasteiger partial charge in [0.25, 0.3) is 0 Å². The van der Waals surface area contributed by atoms with Gasteiger partial charge in [-0.15, -0.1) is 0 Å². The first-order chi connectivity index (χ1) is 13.8. The number of fused-ring (bicyclic) bond motifs is 2. The van der Waals surface area contributed by atoms with Crippen LogP contribution in [0.5, 0.6) is 0 Å². The normalized spacial score (nSPS) is 30.0. The predicted octanol–water partition coefficient (Wildman–Crippen LogP) is 5.84. The number of amides is 1. The fraction of sp³-hybridized carbons (Fsp3) is 0.731. The first-order valence-corrected chi connectivity index (χ1v) is 11.9. The number of carbonyl (C=O) groups is 1. The predicted molar refractivity (Wildman–Crippen MR) is 122 cm³/mol. The van der Waals surface area contributed by atoms with E-state index in [2.05, 4.69) is 55.3 Å². The van der Waals surface area contributed by atoms with Crippen molar-refractivity contribution in [3.8, 4) is 0 Å². The quantitative estimate of drug-likeness (QED) is 0.678. The molecule has 29 heavy (non-hydrogen) atoms. The average molecular weight is 399 g/mol. The van der Waals surface area contributed by atoms with Gasteiger partial charge in [0.1, 0.15) is 0 Å². The zero-order valence-electron chi connectivity index (χ0n) is 19.0. The van der Waals surface area contributed by atoms with Crippen molar-refractivity contribution in [2.24, 2.45) is 11.3 Å². The van der Waals surface area contributed by atoms with Crippen molar-refractivity contribution in [1.82, 2.24) is 10.2 Å². The van der Waals surface area contributed by atoms with Gasteiger partial charge >= 0.3 is 0 Å². The van der Waals surface area contributed by atoms with Gasteiger partial charge in [0.15, 0.2) is 0 Å². The summed E-state index contributed by atoms with van der Waals surface area (Å²) in [5.74, 6) is 0.979. The minimum Gasteiger partial charge on any atom is -0.350 e. The maximum Gasteiger partial charge on any atom is 0.217 e. The molecule has 1 amide bonds. The second-order valence-corrected chi connectivity index (χ2v) is 11.1. The lowest BCUT2D eigenvalue weighted by Gasteiger charge is -2.50. The van der Waals surface area contributed by atoms with Crippen LogP contribution in [-0.2, 0) is 10.2 Å². The Labute approximate surface area is 179 Å². The average Bonchev–Trinajstić information content (AvgIpc) is 2.70. The van der Waals surface area contributed by atoms with Crippen molar-refractivity contribution in [2.75, 3.05) is 13.1 Å². The fourth-order valence-electron chi connectivity index (χ4n) is 6.53. The number of rotatable bonds is 2. The van der Waals surface area contributed by atoms with Crippen LogP contribution in [0, 0.1) is 11.3 Å². The first-order valence-electron chi connectivity index (χ1n) is 11.9. The zero-order valence-corrected chi connectivity index (χ0v) is 19.0. The van der Waals surface area contributed by atoms with Crippen LogP contribution in [0.2, 0.25) is 0 Å². The summed E-state index contributed by atoms with van der Waals surface area (Å²) in [7, 11) is 0. The van der Waals surface area contributed by atoms with Gasteiger partial charge in [0.2, 0.25) is 5.91 Å². The number of likely N-dealkylation sites (tertiary alicyclic amines) is 1. The molecule has 0 unspecified atom stereocenters. The van der Waals surface area contributed by atoms with Crippen LogP contribution in [0.15, 0.2) is 24.3 Å². The molecule has 4 rings (SSSR count). The molecule has 2 fully saturated rings. The van der Waals surface area contributed by atoms with Crippen molar-refractivity contribution >= 4 is 5.91 Å². The van der Waals surface area contributed by atoms with E-state index in [1.54, 1.807) is 6.92 Å². The molecule has 1 aromatic carbocycles. The summed E-state index contributed by atoms with van der Waals surface area (Å²) < 4.78 is 0. The van der Waals surface area contributed by atoms with Gasteiger partial charge in [-0.1, -0.05) is 45.0 Å². The molecule has 0 aromatic heterocycles. The number of nitrogens with zero attached hydrogens (tertiary/aromatic N) is 1. The molecule has 2 aliphatic carbocycles. The molecule has 0 bridgehead atoms. The molecule has 3 heteroatoms. The summed E-state index contributed by atoms with van der Waals surface area (Å²) in [5.41, 5.74) is 3.67. The molecular formula is C26H42N2O. The first kappa shape index (κ1) is 20.9. The van der Waals surface area contributed by atoms with E-state index in [9.17, 15) is 4.79 Å². The largest absolute Gasteiger partial charge is 0.350 e. The maximum absolute atomic E-state index is 11.7. The van der Waals surface area contributed by atoms with Gasteiger partial charge in [-0.2, -0.15) is 0 Å². The molecule has 162 valence electrons. The SMILES string of the molecule is CC(=O)N[C@H]1CCC2(CCN(C3CCC(C(C)(C)C)CC3)CC2)c2ccccc21.[HH]. The molecule has 0 radical (unpaired) electrons. The minimum absolute atomic E-state index is 0. The second kappa shape index (κ2) is 8.06. The minimum atomic E-state index is 0. The van der Waals surface area contributed by atoms with Gasteiger partial charge in [0, 0.05) is 14.4 Å². The van der Waals surface area contributed by atoms with E-state index in [1.807, 2.05) is 0 Å². The summed E-state index contributed by atoms with van der Waals surface area (Å²) >= 11 is 0. The topological polar surface area (TPSA) is 32.3 Å². The molecule has 3 nitrogen and oxygen atoms in total. The van der Waals surface area contributed by atoms with E-state index in [1.165, 1.54) is 69.2 Å². The summed E-state index contributed by atoms with van der Waals surface area (Å²) in [5, 5.41) is 3.19. The lowest BCUT2D eigenvalue weighted by atomic mass is 9.63. The molecule has 3 aliphatic rings. The third-order valence-electron chi connectivity index (χ3n) is 8.39. The van der Waals surface area contributed by atoms with Crippen molar-refractivity contribution < 1.29 is 6.22 Å². The van der Waals surface area contributed by atoms with E-state index in [0.717, 1.165) is 18.4 Å². The molecule has 1 aromatic rings. The molecule has 1 saturated heterocycles. The van der Waals surface area contributed by atoms with Gasteiger partial charge in [-0.3, -0.25) is 4.79 Å². The van der Waals surface area contributed by atoms with Gasteiger partial charge in [-0.25, -0.2) is 0 Å². The van der Waals surface area contributed by atoms with Crippen molar-refractivity contribution in [1.29, 1.82) is 0 Å². The van der Waals surface area contributed by atoms with Crippen LogP contribution in [0.4, 0.5) is 0 Å². The second-order valence-electron chi connectivity index (χ2n) is 11.1. The molecule has 1 atom stereocenters. The third-order valence-corrected chi connectivity index (χ3v) is 8.39. The lowest BCUT2D eigenvalue weighted by Crippen LogP contribution is -2.50. The van der Waals surface area contributed by atoms with Crippen LogP contribution in [-0.4, -0.2) is 29.9 Å². The Morgan fingerprint density at radius 2 is 1.69 bits per heavy atom. The Morgan fingerprint density at radius 3 is 2.31 bits per heavy atom. The molecule has 1 spiro atoms. The third kappa shape index (κ3) is 4.26. The number of hydrogen-bond donors (Lipinski definition) is 1. The van der Waals surface area contributed by atoms with Gasteiger partial charge < -0.3 is 10.2 Å². The van der Waals surface area contributed by atoms with Crippen LogP contribution in [0.1, 0.15) is 97.7 Å². The Morgan fingerprint density at radius 1 is 1.03 bits per heavy atom. The standard InChI is InChI=1S/C26H40N2O.H2/c1-19(29)27-24-13-14-26(23-8-6-5-7-22(23)24)15-17-28(18-16-26)21-11-9-20(10-12-21)25(2,3)4;/h5-8,20-21,24H,9-18H2,1-4H3,(H,27,29);1H/t20?,21?,24-;/m0./s1. The number of benzene rings is 1. The van der Waals surface area contributed by atoms with Crippen LogP contribution in [0.3, 0.4) is 0 Å². The summed E-state index contributed by atoms with van der Waals surface area (Å²) in [6.45, 7) is 11.4. The number of hydrogen-bond acceptors (Lipinski definition) is 2. The summed E-state index contributed by atoms with van der Waals surface area (Å²) in [6, 6.07) is 9.91. The highest BCUT2D eigenvalue weighted by Crippen LogP contribution is 2.49. The van der Waals surface area contributed by atoms with E-state index in [-0.39, 0.29) is 13.4 Å². The van der Waals surface area contributed by atoms with Crippen molar-refractivity contribution in [3.05, 3.63) is 35.4 Å². The van der Waals surface area contributed by atoms with E-state index < -0.39 is 0 Å². The zero-order chi connectivity index (χ0) is 20.6. The molecular weight excluding hydrogens is 356 g/mol. The summed E-state index contributed by atoms with van der Waals surface area (Å²) in [6.07, 6.45) is 10.4. The Hall–Kier alpha value is -1.35. The Kier molecular flexibility index (Phi) is 5.81. The number of nitrogens with one attached hydrogen (secondary N) is 1. The highest BCUT2D eigenvalue weighted by Gasteiger charge is 2.43. The monoisotopic (exact) mass is 398 g/mol. The molecule has 1 aliphatic heterocycles. The van der Waals surface area contributed by atoms with E-state index in [0.29, 0.717) is 10.8 Å².